The number of aromatic nitrogens is 3. The third kappa shape index (κ3) is 3.36. The van der Waals surface area contributed by atoms with E-state index in [0.717, 1.165) is 24.4 Å². The van der Waals surface area contributed by atoms with E-state index in [4.69, 9.17) is 0 Å². The molecule has 2 rings (SSSR count). The van der Waals surface area contributed by atoms with Gasteiger partial charge in [-0.3, -0.25) is 15.2 Å². The summed E-state index contributed by atoms with van der Waals surface area (Å²) in [5.74, 6) is 0.839. The number of benzene rings is 1. The summed E-state index contributed by atoms with van der Waals surface area (Å²) in [6, 6.07) is 6.51. The standard InChI is InChI=1S/C11H13N5O2/c17-16(18)10-3-1-9(2-4-10)7-12-6-5-11-13-8-14-15-11/h1-4,8,12H,5-7H2,(H,13,14,15). The van der Waals surface area contributed by atoms with Crippen molar-refractivity contribution in [2.45, 2.75) is 13.0 Å². The number of hydrogen-bond acceptors (Lipinski definition) is 5. The van der Waals surface area contributed by atoms with Crippen LogP contribution in [0.15, 0.2) is 30.6 Å². The molecule has 2 N–H and O–H groups in total. The molecule has 0 amide bonds. The second-order valence-corrected chi connectivity index (χ2v) is 3.78. The van der Waals surface area contributed by atoms with Crippen molar-refractivity contribution in [1.82, 2.24) is 20.5 Å². The minimum Gasteiger partial charge on any atom is -0.312 e. The summed E-state index contributed by atoms with van der Waals surface area (Å²) in [5, 5.41) is 20.2. The van der Waals surface area contributed by atoms with E-state index >= 15 is 0 Å². The highest BCUT2D eigenvalue weighted by Gasteiger charge is 2.03. The molecular weight excluding hydrogens is 234 g/mol. The summed E-state index contributed by atoms with van der Waals surface area (Å²) in [6.45, 7) is 1.44. The fourth-order valence-electron chi connectivity index (χ4n) is 1.53. The van der Waals surface area contributed by atoms with Gasteiger partial charge in [-0.15, -0.1) is 0 Å². The van der Waals surface area contributed by atoms with Crippen molar-refractivity contribution in [2.24, 2.45) is 0 Å². The van der Waals surface area contributed by atoms with Gasteiger partial charge in [-0.2, -0.15) is 5.10 Å². The van der Waals surface area contributed by atoms with Crippen LogP contribution in [0, 0.1) is 10.1 Å². The first-order valence-corrected chi connectivity index (χ1v) is 5.54. The van der Waals surface area contributed by atoms with Gasteiger partial charge in [0.2, 0.25) is 0 Å². The lowest BCUT2D eigenvalue weighted by Gasteiger charge is -2.03. The maximum atomic E-state index is 10.5. The molecule has 1 aromatic carbocycles. The van der Waals surface area contributed by atoms with E-state index in [9.17, 15) is 10.1 Å². The zero-order chi connectivity index (χ0) is 12.8. The molecule has 0 bridgehead atoms. The molecule has 0 spiro atoms. The number of H-pyrrole nitrogens is 1. The van der Waals surface area contributed by atoms with E-state index in [1.165, 1.54) is 18.5 Å². The fourth-order valence-corrected chi connectivity index (χ4v) is 1.53. The molecule has 0 fully saturated rings. The van der Waals surface area contributed by atoms with Gasteiger partial charge in [0.05, 0.1) is 4.92 Å². The molecule has 1 heterocycles. The van der Waals surface area contributed by atoms with E-state index < -0.39 is 4.92 Å². The Bertz CT molecular complexity index is 495. The lowest BCUT2D eigenvalue weighted by molar-refractivity contribution is -0.384. The van der Waals surface area contributed by atoms with Crippen molar-refractivity contribution >= 4 is 5.69 Å². The topological polar surface area (TPSA) is 96.7 Å². The van der Waals surface area contributed by atoms with E-state index in [2.05, 4.69) is 20.5 Å². The lowest BCUT2D eigenvalue weighted by atomic mass is 10.2. The van der Waals surface area contributed by atoms with Crippen LogP contribution in [0.4, 0.5) is 5.69 Å². The Kier molecular flexibility index (Phi) is 3.98. The van der Waals surface area contributed by atoms with Crippen LogP contribution in [-0.2, 0) is 13.0 Å². The van der Waals surface area contributed by atoms with Gasteiger partial charge in [0.1, 0.15) is 12.2 Å². The fraction of sp³-hybridized carbons (Fsp3) is 0.273. The van der Waals surface area contributed by atoms with Gasteiger partial charge in [0, 0.05) is 31.6 Å². The summed E-state index contributed by atoms with van der Waals surface area (Å²) in [5.41, 5.74) is 1.12. The maximum absolute atomic E-state index is 10.5. The van der Waals surface area contributed by atoms with Crippen molar-refractivity contribution in [3.63, 3.8) is 0 Å². The molecule has 0 atom stereocenters. The van der Waals surface area contributed by atoms with Crippen LogP contribution in [-0.4, -0.2) is 26.6 Å². The Labute approximate surface area is 103 Å². The normalized spacial score (nSPS) is 10.4. The summed E-state index contributed by atoms with van der Waals surface area (Å²) in [6.07, 6.45) is 2.25. The Balaban J connectivity index is 1.75. The largest absolute Gasteiger partial charge is 0.312 e. The van der Waals surface area contributed by atoms with Crippen LogP contribution >= 0.6 is 0 Å². The lowest BCUT2D eigenvalue weighted by Crippen LogP contribution is -2.17. The van der Waals surface area contributed by atoms with Gasteiger partial charge in [0.25, 0.3) is 5.69 Å². The molecule has 0 radical (unpaired) electrons. The third-order valence-corrected chi connectivity index (χ3v) is 2.48. The molecule has 0 aliphatic heterocycles. The average molecular weight is 247 g/mol. The van der Waals surface area contributed by atoms with E-state index in [1.54, 1.807) is 12.1 Å². The molecule has 0 aliphatic carbocycles. The highest BCUT2D eigenvalue weighted by molar-refractivity contribution is 5.32. The first-order valence-electron chi connectivity index (χ1n) is 5.54. The Morgan fingerprint density at radius 1 is 1.33 bits per heavy atom. The van der Waals surface area contributed by atoms with E-state index in [1.807, 2.05) is 0 Å². The summed E-state index contributed by atoms with van der Waals surface area (Å²) < 4.78 is 0. The zero-order valence-electron chi connectivity index (χ0n) is 9.67. The molecule has 0 saturated carbocycles. The molecule has 0 unspecified atom stereocenters. The number of rotatable bonds is 6. The van der Waals surface area contributed by atoms with E-state index in [0.29, 0.717) is 6.54 Å². The molecular formula is C11H13N5O2. The first-order chi connectivity index (χ1) is 8.75. The molecule has 0 aliphatic rings. The molecule has 2 aromatic rings. The Morgan fingerprint density at radius 2 is 2.11 bits per heavy atom. The van der Waals surface area contributed by atoms with Gasteiger partial charge in [-0.1, -0.05) is 12.1 Å². The average Bonchev–Trinajstić information content (AvgIpc) is 2.88. The predicted octanol–water partition coefficient (Wildman–Crippen LogP) is 1.05. The van der Waals surface area contributed by atoms with Gasteiger partial charge in [0.15, 0.2) is 0 Å². The number of hydrogen-bond donors (Lipinski definition) is 2. The zero-order valence-corrected chi connectivity index (χ0v) is 9.67. The number of nitrogens with zero attached hydrogens (tertiary/aromatic N) is 3. The number of non-ortho nitro benzene ring substituents is 1. The van der Waals surface area contributed by atoms with Crippen molar-refractivity contribution in [2.75, 3.05) is 6.54 Å². The maximum Gasteiger partial charge on any atom is 0.269 e. The molecule has 7 heteroatoms. The van der Waals surface area contributed by atoms with Crippen LogP contribution in [0.25, 0.3) is 0 Å². The molecule has 94 valence electrons. The molecule has 0 saturated heterocycles. The highest BCUT2D eigenvalue weighted by atomic mass is 16.6. The minimum atomic E-state index is -0.402. The minimum absolute atomic E-state index is 0.111. The summed E-state index contributed by atoms with van der Waals surface area (Å²) in [4.78, 5) is 14.1. The summed E-state index contributed by atoms with van der Waals surface area (Å²) >= 11 is 0. The molecule has 1 aromatic heterocycles. The quantitative estimate of drug-likeness (QED) is 0.451. The van der Waals surface area contributed by atoms with Crippen molar-refractivity contribution in [3.8, 4) is 0 Å². The highest BCUT2D eigenvalue weighted by Crippen LogP contribution is 2.11. The third-order valence-electron chi connectivity index (χ3n) is 2.48. The van der Waals surface area contributed by atoms with Gasteiger partial charge < -0.3 is 5.32 Å². The molecule has 7 nitrogen and oxygen atoms in total. The molecule has 18 heavy (non-hydrogen) atoms. The van der Waals surface area contributed by atoms with Crippen LogP contribution in [0.1, 0.15) is 11.4 Å². The number of nitro groups is 1. The predicted molar refractivity (Wildman–Crippen MR) is 64.9 cm³/mol. The van der Waals surface area contributed by atoms with Crippen molar-refractivity contribution < 1.29 is 4.92 Å². The van der Waals surface area contributed by atoms with Gasteiger partial charge in [-0.05, 0) is 5.56 Å². The van der Waals surface area contributed by atoms with Gasteiger partial charge in [-0.25, -0.2) is 4.98 Å². The van der Waals surface area contributed by atoms with Crippen molar-refractivity contribution in [1.29, 1.82) is 0 Å². The number of aromatic amines is 1. The Hall–Kier alpha value is -2.28. The second-order valence-electron chi connectivity index (χ2n) is 3.78. The smallest absolute Gasteiger partial charge is 0.269 e. The van der Waals surface area contributed by atoms with E-state index in [-0.39, 0.29) is 5.69 Å². The first kappa shape index (κ1) is 12.2. The monoisotopic (exact) mass is 247 g/mol. The Morgan fingerprint density at radius 3 is 2.72 bits per heavy atom. The van der Waals surface area contributed by atoms with Crippen LogP contribution in [0.5, 0.6) is 0 Å². The summed E-state index contributed by atoms with van der Waals surface area (Å²) in [7, 11) is 0. The van der Waals surface area contributed by atoms with Gasteiger partial charge >= 0.3 is 0 Å². The van der Waals surface area contributed by atoms with Crippen LogP contribution in [0.3, 0.4) is 0 Å². The SMILES string of the molecule is O=[N+]([O-])c1ccc(CNCCc2ncn[nH]2)cc1. The second kappa shape index (κ2) is 5.87. The van der Waals surface area contributed by atoms with Crippen LogP contribution < -0.4 is 5.32 Å². The van der Waals surface area contributed by atoms with Crippen molar-refractivity contribution in [3.05, 3.63) is 52.1 Å². The number of nitrogens with one attached hydrogen (secondary N) is 2. The van der Waals surface area contributed by atoms with Crippen LogP contribution in [0.2, 0.25) is 0 Å². The number of nitro benzene ring substituents is 1.